The van der Waals surface area contributed by atoms with Crippen LogP contribution in [0.4, 0.5) is 5.69 Å². The third-order valence-electron chi connectivity index (χ3n) is 3.28. The molecule has 5 nitrogen and oxygen atoms in total. The molecule has 2 N–H and O–H groups in total. The molecule has 0 spiro atoms. The fraction of sp³-hybridized carbons (Fsp3) is 0.429. The minimum atomic E-state index is -0.229. The molecular weight excluding hydrogens is 320 g/mol. The largest absolute Gasteiger partial charge is 0.356 e. The highest BCUT2D eigenvalue weighted by Crippen LogP contribution is 2.29. The summed E-state index contributed by atoms with van der Waals surface area (Å²) in [4.78, 5) is 14.2. The summed E-state index contributed by atoms with van der Waals surface area (Å²) in [6.07, 6.45) is 0. The molecule has 1 aromatic rings. The first-order valence-electron chi connectivity index (χ1n) is 6.62. The molecule has 1 aromatic carbocycles. The summed E-state index contributed by atoms with van der Waals surface area (Å²) in [6, 6.07) is 7.33. The van der Waals surface area contributed by atoms with Crippen LogP contribution in [-0.2, 0) is 4.79 Å². The van der Waals surface area contributed by atoms with Gasteiger partial charge in [0.1, 0.15) is 6.04 Å². The second-order valence-electron chi connectivity index (χ2n) is 4.59. The molecule has 0 aliphatic carbocycles. The van der Waals surface area contributed by atoms with Gasteiger partial charge in [0.25, 0.3) is 0 Å². The van der Waals surface area contributed by atoms with Crippen LogP contribution in [0.5, 0.6) is 0 Å². The Hall–Kier alpha value is -1.58. The number of nitrogens with one attached hydrogen (secondary N) is 2. The maximum Gasteiger partial charge on any atom is 0.244 e. The summed E-state index contributed by atoms with van der Waals surface area (Å²) in [5.74, 6) is 0.0240. The van der Waals surface area contributed by atoms with Crippen molar-refractivity contribution in [2.45, 2.75) is 13.0 Å². The predicted octanol–water partition coefficient (Wildman–Crippen LogP) is 1.24. The van der Waals surface area contributed by atoms with E-state index in [4.69, 9.17) is 5.26 Å². The van der Waals surface area contributed by atoms with Gasteiger partial charge in [-0.25, -0.2) is 0 Å². The van der Waals surface area contributed by atoms with Gasteiger partial charge in [0, 0.05) is 30.7 Å². The van der Waals surface area contributed by atoms with Crippen LogP contribution in [0, 0.1) is 11.3 Å². The van der Waals surface area contributed by atoms with E-state index in [1.54, 1.807) is 12.1 Å². The number of carbonyl (C=O) groups is 1. The third-order valence-corrected chi connectivity index (χ3v) is 3.92. The molecule has 0 aromatic heterocycles. The predicted molar refractivity (Wildman–Crippen MR) is 81.5 cm³/mol. The average molecular weight is 337 g/mol. The van der Waals surface area contributed by atoms with Crippen LogP contribution >= 0.6 is 15.9 Å². The van der Waals surface area contributed by atoms with Gasteiger partial charge in [-0.15, -0.1) is 0 Å². The van der Waals surface area contributed by atoms with Crippen LogP contribution in [-0.4, -0.2) is 38.1 Å². The Morgan fingerprint density at radius 1 is 1.65 bits per heavy atom. The SMILES string of the molecule is CCNC(=O)C1CNCCN1c1ccc(C#N)cc1Br. The number of anilines is 1. The Balaban J connectivity index is 2.28. The molecule has 1 amide bonds. The van der Waals surface area contributed by atoms with Crippen LogP contribution in [0.15, 0.2) is 22.7 Å². The first-order chi connectivity index (χ1) is 9.67. The van der Waals surface area contributed by atoms with Crippen LogP contribution in [0.25, 0.3) is 0 Å². The summed E-state index contributed by atoms with van der Waals surface area (Å²) in [5.41, 5.74) is 1.55. The van der Waals surface area contributed by atoms with Crippen LogP contribution in [0.2, 0.25) is 0 Å². The number of carbonyl (C=O) groups excluding carboxylic acids is 1. The van der Waals surface area contributed by atoms with E-state index in [-0.39, 0.29) is 11.9 Å². The zero-order chi connectivity index (χ0) is 14.5. The van der Waals surface area contributed by atoms with Crippen LogP contribution in [0.1, 0.15) is 12.5 Å². The van der Waals surface area contributed by atoms with E-state index in [1.807, 2.05) is 13.0 Å². The fourth-order valence-corrected chi connectivity index (χ4v) is 2.93. The smallest absolute Gasteiger partial charge is 0.244 e. The number of halogens is 1. The van der Waals surface area contributed by atoms with Gasteiger partial charge >= 0.3 is 0 Å². The number of amides is 1. The summed E-state index contributed by atoms with van der Waals surface area (Å²) < 4.78 is 0.841. The molecule has 0 radical (unpaired) electrons. The van der Waals surface area contributed by atoms with Crippen molar-refractivity contribution >= 4 is 27.5 Å². The lowest BCUT2D eigenvalue weighted by Crippen LogP contribution is -2.58. The van der Waals surface area contributed by atoms with E-state index < -0.39 is 0 Å². The van der Waals surface area contributed by atoms with E-state index in [1.165, 1.54) is 0 Å². The van der Waals surface area contributed by atoms with Crippen molar-refractivity contribution in [1.82, 2.24) is 10.6 Å². The Kier molecular flexibility index (Phi) is 4.99. The molecular formula is C14H17BrN4O. The second-order valence-corrected chi connectivity index (χ2v) is 5.44. The lowest BCUT2D eigenvalue weighted by atomic mass is 10.1. The molecule has 0 bridgehead atoms. The van der Waals surface area contributed by atoms with Gasteiger partial charge < -0.3 is 15.5 Å². The van der Waals surface area contributed by atoms with E-state index in [9.17, 15) is 4.79 Å². The highest BCUT2D eigenvalue weighted by atomic mass is 79.9. The van der Waals surface area contributed by atoms with Gasteiger partial charge in [0.05, 0.1) is 17.3 Å². The maximum absolute atomic E-state index is 12.2. The fourth-order valence-electron chi connectivity index (χ4n) is 2.33. The monoisotopic (exact) mass is 336 g/mol. The van der Waals surface area contributed by atoms with Gasteiger partial charge in [0.2, 0.25) is 5.91 Å². The van der Waals surface area contributed by atoms with Crippen molar-refractivity contribution in [3.63, 3.8) is 0 Å². The molecule has 106 valence electrons. The summed E-state index contributed by atoms with van der Waals surface area (Å²) in [5, 5.41) is 15.0. The standard InChI is InChI=1S/C14H17BrN4O/c1-2-18-14(20)13-9-17-5-6-19(13)12-4-3-10(8-16)7-11(12)15/h3-4,7,13,17H,2,5-6,9H2,1H3,(H,18,20). The minimum absolute atomic E-state index is 0.0240. The van der Waals surface area contributed by atoms with Gasteiger partial charge in [-0.1, -0.05) is 0 Å². The van der Waals surface area contributed by atoms with Gasteiger partial charge in [-0.2, -0.15) is 5.26 Å². The highest BCUT2D eigenvalue weighted by Gasteiger charge is 2.29. The van der Waals surface area contributed by atoms with E-state index in [2.05, 4.69) is 37.5 Å². The van der Waals surface area contributed by atoms with Crippen molar-refractivity contribution in [2.24, 2.45) is 0 Å². The number of hydrogen-bond acceptors (Lipinski definition) is 4. The molecule has 1 atom stereocenters. The number of nitriles is 1. The minimum Gasteiger partial charge on any atom is -0.356 e. The van der Waals surface area contributed by atoms with Gasteiger partial charge in [-0.3, -0.25) is 4.79 Å². The number of rotatable bonds is 3. The number of benzene rings is 1. The van der Waals surface area contributed by atoms with Crippen molar-refractivity contribution in [2.75, 3.05) is 31.1 Å². The molecule has 1 unspecified atom stereocenters. The number of hydrogen-bond donors (Lipinski definition) is 2. The Labute approximate surface area is 127 Å². The molecule has 2 rings (SSSR count). The Bertz CT molecular complexity index is 540. The Morgan fingerprint density at radius 3 is 3.10 bits per heavy atom. The third kappa shape index (κ3) is 3.11. The summed E-state index contributed by atoms with van der Waals surface area (Å²) in [7, 11) is 0. The molecule has 1 fully saturated rings. The zero-order valence-electron chi connectivity index (χ0n) is 11.3. The molecule has 1 aliphatic rings. The number of piperazine rings is 1. The van der Waals surface area contributed by atoms with E-state index in [0.29, 0.717) is 18.7 Å². The maximum atomic E-state index is 12.2. The number of likely N-dealkylation sites (N-methyl/N-ethyl adjacent to an activating group) is 1. The molecule has 20 heavy (non-hydrogen) atoms. The molecule has 1 heterocycles. The van der Waals surface area contributed by atoms with Gasteiger partial charge in [0.15, 0.2) is 0 Å². The summed E-state index contributed by atoms with van der Waals surface area (Å²) in [6.45, 7) is 4.75. The lowest BCUT2D eigenvalue weighted by molar-refractivity contribution is -0.122. The highest BCUT2D eigenvalue weighted by molar-refractivity contribution is 9.10. The van der Waals surface area contributed by atoms with Crippen LogP contribution in [0.3, 0.4) is 0 Å². The zero-order valence-corrected chi connectivity index (χ0v) is 12.9. The second kappa shape index (κ2) is 6.73. The van der Waals surface area contributed by atoms with Gasteiger partial charge in [-0.05, 0) is 41.1 Å². The van der Waals surface area contributed by atoms with E-state index in [0.717, 1.165) is 23.2 Å². The first kappa shape index (κ1) is 14.8. The normalized spacial score (nSPS) is 18.4. The first-order valence-corrected chi connectivity index (χ1v) is 7.41. The summed E-state index contributed by atoms with van der Waals surface area (Å²) >= 11 is 3.49. The number of nitrogens with zero attached hydrogens (tertiary/aromatic N) is 2. The van der Waals surface area contributed by atoms with Crippen LogP contribution < -0.4 is 15.5 Å². The molecule has 1 saturated heterocycles. The average Bonchev–Trinajstić information content (AvgIpc) is 2.47. The molecule has 0 saturated carbocycles. The van der Waals surface area contributed by atoms with Crippen molar-refractivity contribution in [3.8, 4) is 6.07 Å². The van der Waals surface area contributed by atoms with Crippen molar-refractivity contribution in [1.29, 1.82) is 5.26 Å². The Morgan fingerprint density at radius 2 is 2.45 bits per heavy atom. The molecule has 6 heteroatoms. The quantitative estimate of drug-likeness (QED) is 0.871. The topological polar surface area (TPSA) is 68.2 Å². The lowest BCUT2D eigenvalue weighted by Gasteiger charge is -2.37. The van der Waals surface area contributed by atoms with E-state index >= 15 is 0 Å². The van der Waals surface area contributed by atoms with Crippen molar-refractivity contribution < 1.29 is 4.79 Å². The molecule has 1 aliphatic heterocycles. The van der Waals surface area contributed by atoms with Crippen molar-refractivity contribution in [3.05, 3.63) is 28.2 Å².